The van der Waals surface area contributed by atoms with E-state index in [-0.39, 0.29) is 17.2 Å². The van der Waals surface area contributed by atoms with Crippen molar-refractivity contribution in [2.24, 2.45) is 0 Å². The minimum absolute atomic E-state index is 0.0389. The van der Waals surface area contributed by atoms with Crippen molar-refractivity contribution in [3.8, 4) is 17.2 Å². The molecule has 1 aromatic heterocycles. The molecule has 1 atom stereocenters. The average Bonchev–Trinajstić information content (AvgIpc) is 3.15. The summed E-state index contributed by atoms with van der Waals surface area (Å²) in [4.78, 5) is 12.1. The van der Waals surface area contributed by atoms with E-state index in [4.69, 9.17) is 9.47 Å². The Labute approximate surface area is 170 Å². The number of carbonyl (C=O) groups excluding carboxylic acids is 1. The van der Waals surface area contributed by atoms with E-state index in [2.05, 4.69) is 48.4 Å². The number of amides is 1. The normalized spacial score (nSPS) is 16.1. The number of hydrogen-bond acceptors (Lipinski definition) is 4. The van der Waals surface area contributed by atoms with Crippen LogP contribution in [0.5, 0.6) is 17.2 Å². The van der Waals surface area contributed by atoms with Crippen LogP contribution < -0.4 is 14.8 Å². The van der Waals surface area contributed by atoms with Gasteiger partial charge in [-0.2, -0.15) is 5.10 Å². The third kappa shape index (κ3) is 3.83. The molecule has 1 aliphatic heterocycles. The van der Waals surface area contributed by atoms with Gasteiger partial charge in [0.05, 0.1) is 7.11 Å². The molecule has 6 heteroatoms. The Kier molecular flexibility index (Phi) is 4.78. The van der Waals surface area contributed by atoms with Crippen molar-refractivity contribution in [3.05, 3.63) is 65.4 Å². The Morgan fingerprint density at radius 1 is 1.10 bits per heavy atom. The van der Waals surface area contributed by atoms with Crippen LogP contribution >= 0.6 is 0 Å². The lowest BCUT2D eigenvalue weighted by molar-refractivity contribution is -0.116. The molecule has 0 aliphatic carbocycles. The molecule has 3 aromatic rings. The van der Waals surface area contributed by atoms with E-state index >= 15 is 0 Å². The summed E-state index contributed by atoms with van der Waals surface area (Å²) in [5, 5.41) is 9.74. The van der Waals surface area contributed by atoms with Crippen LogP contribution in [0.4, 0.5) is 5.82 Å². The number of carbonyl (C=O) groups is 1. The first-order chi connectivity index (χ1) is 13.8. The maximum atomic E-state index is 12.1. The van der Waals surface area contributed by atoms with Crippen LogP contribution in [0.15, 0.2) is 48.7 Å². The molecule has 1 amide bonds. The van der Waals surface area contributed by atoms with E-state index in [1.54, 1.807) is 7.11 Å². The number of ether oxygens (including phenoxy) is 2. The summed E-state index contributed by atoms with van der Waals surface area (Å²) in [7, 11) is 1.62. The second-order valence-corrected chi connectivity index (χ2v) is 8.28. The molecule has 0 fully saturated rings. The van der Waals surface area contributed by atoms with Crippen molar-refractivity contribution in [1.82, 2.24) is 10.2 Å². The zero-order valence-corrected chi connectivity index (χ0v) is 17.1. The summed E-state index contributed by atoms with van der Waals surface area (Å²) >= 11 is 0. The number of fused-ring (bicyclic) bond motifs is 1. The zero-order chi connectivity index (χ0) is 20.6. The molecule has 0 bridgehead atoms. The van der Waals surface area contributed by atoms with Crippen LogP contribution in [-0.2, 0) is 10.2 Å². The summed E-state index contributed by atoms with van der Waals surface area (Å²) < 4.78 is 11.7. The third-order valence-corrected chi connectivity index (χ3v) is 5.21. The molecular formula is C23H25N3O3. The fourth-order valence-electron chi connectivity index (χ4n) is 3.58. The van der Waals surface area contributed by atoms with Gasteiger partial charge in [0.15, 0.2) is 17.3 Å². The van der Waals surface area contributed by atoms with Crippen LogP contribution in [0.25, 0.3) is 0 Å². The van der Waals surface area contributed by atoms with Crippen molar-refractivity contribution in [3.63, 3.8) is 0 Å². The minimum atomic E-state index is -0.0790. The first-order valence-electron chi connectivity index (χ1n) is 9.65. The number of nitrogens with one attached hydrogen (secondary N) is 2. The fraction of sp³-hybridized carbons (Fsp3) is 0.304. The molecule has 29 heavy (non-hydrogen) atoms. The number of aromatic amines is 1. The molecule has 150 valence electrons. The third-order valence-electron chi connectivity index (χ3n) is 5.21. The molecule has 0 spiro atoms. The van der Waals surface area contributed by atoms with Crippen LogP contribution in [0, 0.1) is 0 Å². The van der Waals surface area contributed by atoms with Crippen molar-refractivity contribution >= 4 is 11.7 Å². The Morgan fingerprint density at radius 2 is 1.93 bits per heavy atom. The molecular weight excluding hydrogens is 366 g/mol. The summed E-state index contributed by atoms with van der Waals surface area (Å²) in [5.74, 6) is 2.48. The number of benzene rings is 2. The summed E-state index contributed by atoms with van der Waals surface area (Å²) in [6.07, 6.45) is 2.19. The molecule has 0 saturated carbocycles. The summed E-state index contributed by atoms with van der Waals surface area (Å²) in [5.41, 5.74) is 3.19. The number of hydrogen-bond donors (Lipinski definition) is 2. The topological polar surface area (TPSA) is 76.2 Å². The monoisotopic (exact) mass is 391 g/mol. The van der Waals surface area contributed by atoms with Crippen molar-refractivity contribution in [2.45, 2.75) is 38.5 Å². The van der Waals surface area contributed by atoms with Gasteiger partial charge in [-0.15, -0.1) is 0 Å². The van der Waals surface area contributed by atoms with Gasteiger partial charge in [0.25, 0.3) is 0 Å². The largest absolute Gasteiger partial charge is 0.493 e. The highest BCUT2D eigenvalue weighted by atomic mass is 16.5. The molecule has 2 aromatic carbocycles. The van der Waals surface area contributed by atoms with Gasteiger partial charge < -0.3 is 14.8 Å². The highest BCUT2D eigenvalue weighted by Gasteiger charge is 2.29. The van der Waals surface area contributed by atoms with Crippen LogP contribution in [0.1, 0.15) is 49.8 Å². The Balaban J connectivity index is 1.64. The van der Waals surface area contributed by atoms with Gasteiger partial charge in [-0.1, -0.05) is 39.0 Å². The Hall–Kier alpha value is -3.28. The predicted octanol–water partition coefficient (Wildman–Crippen LogP) is 4.98. The van der Waals surface area contributed by atoms with Crippen LogP contribution in [0.2, 0.25) is 0 Å². The molecule has 4 rings (SSSR count). The van der Waals surface area contributed by atoms with Gasteiger partial charge in [-0.05, 0) is 40.8 Å². The second-order valence-electron chi connectivity index (χ2n) is 8.28. The molecule has 1 unspecified atom stereocenters. The lowest BCUT2D eigenvalue weighted by Crippen LogP contribution is -2.22. The van der Waals surface area contributed by atoms with E-state index in [9.17, 15) is 4.79 Å². The first-order valence-corrected chi connectivity index (χ1v) is 9.65. The molecule has 1 aliphatic rings. The minimum Gasteiger partial charge on any atom is -0.493 e. The van der Waals surface area contributed by atoms with E-state index in [1.165, 1.54) is 5.56 Å². The highest BCUT2D eigenvalue weighted by Crippen LogP contribution is 2.40. The Morgan fingerprint density at radius 3 is 2.69 bits per heavy atom. The first kappa shape index (κ1) is 19.1. The van der Waals surface area contributed by atoms with Crippen molar-refractivity contribution < 1.29 is 14.3 Å². The lowest BCUT2D eigenvalue weighted by Gasteiger charge is -2.23. The van der Waals surface area contributed by atoms with Crippen molar-refractivity contribution in [1.29, 1.82) is 0 Å². The number of rotatable bonds is 4. The molecule has 2 N–H and O–H groups in total. The lowest BCUT2D eigenvalue weighted by atomic mass is 9.87. The van der Waals surface area contributed by atoms with E-state index < -0.39 is 0 Å². The van der Waals surface area contributed by atoms with Gasteiger partial charge in [0.2, 0.25) is 5.91 Å². The average molecular weight is 391 g/mol. The van der Waals surface area contributed by atoms with E-state index in [1.807, 2.05) is 36.5 Å². The van der Waals surface area contributed by atoms with Gasteiger partial charge in [0.1, 0.15) is 5.75 Å². The molecule has 2 heterocycles. The standard InChI is InChI=1S/C23H25N3O3/c1-23(2,3)15-6-5-7-16(11-15)29-19-9-8-14(10-20(19)28-4)17-12-21(27)25-22-18(17)13-24-26-22/h5-11,13,17H,12H2,1-4H3,(H2,24,25,26,27). The summed E-state index contributed by atoms with van der Waals surface area (Å²) in [6, 6.07) is 13.9. The van der Waals surface area contributed by atoms with E-state index in [0.717, 1.165) is 16.9 Å². The summed E-state index contributed by atoms with van der Waals surface area (Å²) in [6.45, 7) is 6.52. The zero-order valence-electron chi connectivity index (χ0n) is 17.1. The second kappa shape index (κ2) is 7.28. The van der Waals surface area contributed by atoms with Gasteiger partial charge in [0, 0.05) is 24.1 Å². The molecule has 6 nitrogen and oxygen atoms in total. The smallest absolute Gasteiger partial charge is 0.226 e. The fourth-order valence-corrected chi connectivity index (χ4v) is 3.58. The van der Waals surface area contributed by atoms with Gasteiger partial charge in [-0.3, -0.25) is 9.89 Å². The number of anilines is 1. The maximum absolute atomic E-state index is 12.1. The Bertz CT molecular complexity index is 1050. The quantitative estimate of drug-likeness (QED) is 0.657. The maximum Gasteiger partial charge on any atom is 0.226 e. The molecule has 0 radical (unpaired) electrons. The number of nitrogens with zero attached hydrogens (tertiary/aromatic N) is 1. The number of H-pyrrole nitrogens is 1. The number of aromatic nitrogens is 2. The van der Waals surface area contributed by atoms with Gasteiger partial charge >= 0.3 is 0 Å². The van der Waals surface area contributed by atoms with Gasteiger partial charge in [-0.25, -0.2) is 0 Å². The van der Waals surface area contributed by atoms with Crippen LogP contribution in [-0.4, -0.2) is 23.2 Å². The molecule has 0 saturated heterocycles. The SMILES string of the molecule is COc1cc(C2CC(=O)Nc3n[nH]cc32)ccc1Oc1cccc(C(C)(C)C)c1. The predicted molar refractivity (Wildman–Crippen MR) is 112 cm³/mol. The number of methoxy groups -OCH3 is 1. The van der Waals surface area contributed by atoms with Crippen molar-refractivity contribution in [2.75, 3.05) is 12.4 Å². The van der Waals surface area contributed by atoms with E-state index in [0.29, 0.717) is 23.7 Å². The van der Waals surface area contributed by atoms with Crippen LogP contribution in [0.3, 0.4) is 0 Å². The highest BCUT2D eigenvalue weighted by molar-refractivity contribution is 5.94.